The van der Waals surface area contributed by atoms with E-state index in [-0.39, 0.29) is 25.6 Å². The van der Waals surface area contributed by atoms with E-state index in [0.717, 1.165) is 22.3 Å². The predicted octanol–water partition coefficient (Wildman–Crippen LogP) is 3.69. The molecule has 0 saturated carbocycles. The van der Waals surface area contributed by atoms with E-state index in [1.54, 1.807) is 6.92 Å². The Labute approximate surface area is 199 Å². The molecular formula is C26H32N2O6. The molecule has 3 rings (SSSR count). The highest BCUT2D eigenvalue weighted by Gasteiger charge is 2.40. The summed E-state index contributed by atoms with van der Waals surface area (Å²) in [6, 6.07) is 15.1. The Hall–Kier alpha value is -3.39. The van der Waals surface area contributed by atoms with E-state index < -0.39 is 29.6 Å². The summed E-state index contributed by atoms with van der Waals surface area (Å²) in [7, 11) is 1.37. The van der Waals surface area contributed by atoms with Crippen LogP contribution in [-0.4, -0.2) is 55.0 Å². The molecule has 0 saturated heterocycles. The largest absolute Gasteiger partial charge is 0.479 e. The van der Waals surface area contributed by atoms with Crippen LogP contribution in [0.2, 0.25) is 0 Å². The third-order valence-corrected chi connectivity index (χ3v) is 6.30. The van der Waals surface area contributed by atoms with E-state index in [2.05, 4.69) is 22.8 Å². The number of nitrogens with one attached hydrogen (secondary N) is 2. The van der Waals surface area contributed by atoms with Gasteiger partial charge in [0.25, 0.3) is 0 Å². The van der Waals surface area contributed by atoms with Gasteiger partial charge < -0.3 is 25.2 Å². The molecule has 1 aliphatic rings. The maximum atomic E-state index is 12.9. The number of ether oxygens (including phenoxy) is 2. The summed E-state index contributed by atoms with van der Waals surface area (Å²) >= 11 is 0. The second-order valence-electron chi connectivity index (χ2n) is 8.47. The monoisotopic (exact) mass is 468 g/mol. The first-order chi connectivity index (χ1) is 16.4. The molecule has 34 heavy (non-hydrogen) atoms. The van der Waals surface area contributed by atoms with Gasteiger partial charge in [-0.2, -0.15) is 0 Å². The van der Waals surface area contributed by atoms with Crippen molar-refractivity contribution in [2.75, 3.05) is 20.3 Å². The van der Waals surface area contributed by atoms with Crippen LogP contribution in [-0.2, 0) is 19.1 Å². The Morgan fingerprint density at radius 2 is 1.62 bits per heavy atom. The van der Waals surface area contributed by atoms with E-state index in [1.165, 1.54) is 7.11 Å². The van der Waals surface area contributed by atoms with E-state index in [4.69, 9.17) is 9.47 Å². The van der Waals surface area contributed by atoms with Gasteiger partial charge in [0, 0.05) is 13.0 Å². The maximum Gasteiger partial charge on any atom is 0.407 e. The molecule has 0 aromatic heterocycles. The molecule has 1 aliphatic carbocycles. The Morgan fingerprint density at radius 1 is 1.03 bits per heavy atom. The van der Waals surface area contributed by atoms with Crippen LogP contribution in [0.25, 0.3) is 11.1 Å². The molecule has 2 aromatic carbocycles. The van der Waals surface area contributed by atoms with Crippen LogP contribution in [0, 0.1) is 0 Å². The van der Waals surface area contributed by atoms with Crippen molar-refractivity contribution in [1.82, 2.24) is 10.6 Å². The summed E-state index contributed by atoms with van der Waals surface area (Å²) in [5, 5.41) is 14.8. The Morgan fingerprint density at radius 3 is 2.12 bits per heavy atom. The van der Waals surface area contributed by atoms with Gasteiger partial charge in [0.2, 0.25) is 5.91 Å². The second-order valence-corrected chi connectivity index (χ2v) is 8.47. The molecule has 0 fully saturated rings. The molecule has 182 valence electrons. The van der Waals surface area contributed by atoms with Crippen LogP contribution < -0.4 is 10.6 Å². The number of amides is 2. The predicted molar refractivity (Wildman–Crippen MR) is 128 cm³/mol. The summed E-state index contributed by atoms with van der Waals surface area (Å²) < 4.78 is 10.6. The first-order valence-electron chi connectivity index (χ1n) is 11.5. The van der Waals surface area contributed by atoms with E-state index in [0.29, 0.717) is 12.8 Å². The number of benzene rings is 2. The molecule has 2 atom stereocenters. The summed E-state index contributed by atoms with van der Waals surface area (Å²) in [6.45, 7) is 3.46. The minimum Gasteiger partial charge on any atom is -0.479 e. The third kappa shape index (κ3) is 5.22. The van der Waals surface area contributed by atoms with E-state index >= 15 is 0 Å². The van der Waals surface area contributed by atoms with Gasteiger partial charge in [-0.25, -0.2) is 9.59 Å². The zero-order valence-electron chi connectivity index (χ0n) is 19.8. The van der Waals surface area contributed by atoms with Gasteiger partial charge in [-0.05, 0) is 35.1 Å². The fourth-order valence-electron chi connectivity index (χ4n) is 4.40. The average molecular weight is 469 g/mol. The lowest BCUT2D eigenvalue weighted by molar-refractivity contribution is -0.150. The smallest absolute Gasteiger partial charge is 0.407 e. The summed E-state index contributed by atoms with van der Waals surface area (Å²) in [6.07, 6.45) is 0.353. The van der Waals surface area contributed by atoms with Gasteiger partial charge in [0.15, 0.2) is 5.54 Å². The number of aliphatic carboxylic acids is 1. The molecule has 3 N–H and O–H groups in total. The molecule has 1 unspecified atom stereocenters. The molecule has 2 amide bonds. The molecule has 0 aliphatic heterocycles. The summed E-state index contributed by atoms with van der Waals surface area (Å²) in [4.78, 5) is 37.4. The normalized spacial score (nSPS) is 14.9. The number of rotatable bonds is 11. The number of hydrogen-bond donors (Lipinski definition) is 3. The molecular weight excluding hydrogens is 436 g/mol. The zero-order chi connectivity index (χ0) is 24.7. The van der Waals surface area contributed by atoms with Crippen molar-refractivity contribution in [3.8, 4) is 11.1 Å². The van der Waals surface area contributed by atoms with Crippen molar-refractivity contribution in [3.63, 3.8) is 0 Å². The topological polar surface area (TPSA) is 114 Å². The van der Waals surface area contributed by atoms with Gasteiger partial charge in [-0.3, -0.25) is 4.79 Å². The quantitative estimate of drug-likeness (QED) is 0.464. The molecule has 0 spiro atoms. The fourth-order valence-corrected chi connectivity index (χ4v) is 4.40. The second kappa shape index (κ2) is 11.2. The molecule has 0 heterocycles. The third-order valence-electron chi connectivity index (χ3n) is 6.30. The number of alkyl carbamates (subject to hydrolysis) is 1. The Balaban J connectivity index is 1.68. The number of methoxy groups -OCH3 is 1. The van der Waals surface area contributed by atoms with Crippen LogP contribution in [0.1, 0.15) is 50.2 Å². The van der Waals surface area contributed by atoms with Crippen molar-refractivity contribution >= 4 is 18.0 Å². The van der Waals surface area contributed by atoms with Crippen molar-refractivity contribution in [3.05, 3.63) is 59.7 Å². The maximum absolute atomic E-state index is 12.9. The van der Waals surface area contributed by atoms with Crippen LogP contribution in [0.3, 0.4) is 0 Å². The van der Waals surface area contributed by atoms with E-state index in [9.17, 15) is 19.5 Å². The zero-order valence-corrected chi connectivity index (χ0v) is 19.8. The highest BCUT2D eigenvalue weighted by atomic mass is 16.5. The molecule has 2 aromatic rings. The van der Waals surface area contributed by atoms with Crippen LogP contribution >= 0.6 is 0 Å². The van der Waals surface area contributed by atoms with Crippen LogP contribution in [0.15, 0.2) is 48.5 Å². The number of carbonyl (C=O) groups excluding carboxylic acids is 2. The number of carboxylic acid groups (broad SMARTS) is 1. The lowest BCUT2D eigenvalue weighted by Gasteiger charge is -2.30. The van der Waals surface area contributed by atoms with Crippen molar-refractivity contribution < 1.29 is 29.0 Å². The van der Waals surface area contributed by atoms with Crippen LogP contribution in [0.4, 0.5) is 4.79 Å². The summed E-state index contributed by atoms with van der Waals surface area (Å²) in [5.74, 6) is -1.88. The van der Waals surface area contributed by atoms with Gasteiger partial charge >= 0.3 is 12.1 Å². The van der Waals surface area contributed by atoms with Crippen molar-refractivity contribution in [2.45, 2.75) is 50.6 Å². The SMILES string of the molecule is CCC[C@@H](NC(=O)OCC1c2ccccc2-c2ccccc21)C(=O)NC(CC)(COC)C(=O)O. The summed E-state index contributed by atoms with van der Waals surface area (Å²) in [5.41, 5.74) is 2.86. The lowest BCUT2D eigenvalue weighted by Crippen LogP contribution is -2.61. The van der Waals surface area contributed by atoms with Gasteiger partial charge in [-0.15, -0.1) is 0 Å². The number of fused-ring (bicyclic) bond motifs is 3. The Kier molecular flexibility index (Phi) is 8.28. The number of hydrogen-bond acceptors (Lipinski definition) is 5. The standard InChI is InChI=1S/C26H32N2O6/c1-4-10-22(23(29)28-26(5-2,16-33-3)24(30)31)27-25(32)34-15-21-19-13-8-6-11-17(19)18-12-7-9-14-20(18)21/h6-9,11-14,21-22H,4-5,10,15-16H2,1-3H3,(H,27,32)(H,28,29)(H,30,31)/t22-,26?/m1/s1. The minimum atomic E-state index is -1.57. The van der Waals surface area contributed by atoms with Crippen LogP contribution in [0.5, 0.6) is 0 Å². The number of carbonyl (C=O) groups is 3. The van der Waals surface area contributed by atoms with Gasteiger partial charge in [0.1, 0.15) is 12.6 Å². The molecule has 0 bridgehead atoms. The molecule has 8 heteroatoms. The van der Waals surface area contributed by atoms with Gasteiger partial charge in [-0.1, -0.05) is 68.8 Å². The van der Waals surface area contributed by atoms with Gasteiger partial charge in [0.05, 0.1) is 6.61 Å². The van der Waals surface area contributed by atoms with E-state index in [1.807, 2.05) is 43.3 Å². The molecule has 0 radical (unpaired) electrons. The van der Waals surface area contributed by atoms with Crippen molar-refractivity contribution in [2.24, 2.45) is 0 Å². The first kappa shape index (κ1) is 25.2. The van der Waals surface area contributed by atoms with Crippen molar-refractivity contribution in [1.29, 1.82) is 0 Å². The minimum absolute atomic E-state index is 0.0990. The highest BCUT2D eigenvalue weighted by Crippen LogP contribution is 2.44. The number of carboxylic acids is 1. The molecule has 8 nitrogen and oxygen atoms in total. The first-order valence-corrected chi connectivity index (χ1v) is 11.5. The fraction of sp³-hybridized carbons (Fsp3) is 0.423. The highest BCUT2D eigenvalue weighted by molar-refractivity contribution is 5.91. The lowest BCUT2D eigenvalue weighted by atomic mass is 9.96. The average Bonchev–Trinajstić information content (AvgIpc) is 3.15. The Bertz CT molecular complexity index is 994.